The van der Waals surface area contributed by atoms with Crippen LogP contribution in [-0.4, -0.2) is 12.6 Å². The number of esters is 1. The molecule has 2 nitrogen and oxygen atoms in total. The molecule has 1 aliphatic carbocycles. The van der Waals surface area contributed by atoms with E-state index in [0.717, 1.165) is 37.7 Å². The zero-order valence-electron chi connectivity index (χ0n) is 10.7. The lowest BCUT2D eigenvalue weighted by molar-refractivity contribution is -0.154. The lowest BCUT2D eigenvalue weighted by atomic mass is 9.64. The fourth-order valence-corrected chi connectivity index (χ4v) is 2.56. The molecule has 0 aromatic heterocycles. The van der Waals surface area contributed by atoms with Crippen LogP contribution in [-0.2, 0) is 14.9 Å². The van der Waals surface area contributed by atoms with E-state index in [2.05, 4.69) is 6.92 Å². The van der Waals surface area contributed by atoms with Crippen LogP contribution in [0.5, 0.6) is 0 Å². The Balaban J connectivity index is 2.13. The molecule has 0 saturated heterocycles. The van der Waals surface area contributed by atoms with Gasteiger partial charge in [-0.05, 0) is 37.0 Å². The second-order valence-corrected chi connectivity index (χ2v) is 5.37. The van der Waals surface area contributed by atoms with Crippen LogP contribution in [0.25, 0.3) is 0 Å². The van der Waals surface area contributed by atoms with Crippen LogP contribution < -0.4 is 0 Å². The van der Waals surface area contributed by atoms with Crippen molar-refractivity contribution in [1.82, 2.24) is 0 Å². The van der Waals surface area contributed by atoms with Crippen LogP contribution in [0.15, 0.2) is 24.3 Å². The van der Waals surface area contributed by atoms with E-state index in [9.17, 15) is 4.79 Å². The summed E-state index contributed by atoms with van der Waals surface area (Å²) in [6.45, 7) is 2.61. The molecule has 0 N–H and O–H groups in total. The number of hydrogen-bond acceptors (Lipinski definition) is 2. The van der Waals surface area contributed by atoms with Gasteiger partial charge in [0.1, 0.15) is 0 Å². The molecule has 0 aliphatic heterocycles. The normalized spacial score (nSPS) is 17.0. The maximum Gasteiger partial charge on any atom is 0.316 e. The largest absolute Gasteiger partial charge is 0.465 e. The predicted molar refractivity (Wildman–Crippen MR) is 72.8 cm³/mol. The van der Waals surface area contributed by atoms with Gasteiger partial charge in [-0.1, -0.05) is 43.5 Å². The smallest absolute Gasteiger partial charge is 0.316 e. The highest BCUT2D eigenvalue weighted by atomic mass is 35.5. The van der Waals surface area contributed by atoms with E-state index in [4.69, 9.17) is 16.3 Å². The Morgan fingerprint density at radius 3 is 2.78 bits per heavy atom. The van der Waals surface area contributed by atoms with Gasteiger partial charge in [0.15, 0.2) is 0 Å². The van der Waals surface area contributed by atoms with Crippen molar-refractivity contribution in [3.8, 4) is 0 Å². The fourth-order valence-electron chi connectivity index (χ4n) is 2.37. The van der Waals surface area contributed by atoms with Gasteiger partial charge in [-0.3, -0.25) is 4.79 Å². The molecule has 0 bridgehead atoms. The van der Waals surface area contributed by atoms with Crippen molar-refractivity contribution in [1.29, 1.82) is 0 Å². The number of benzene rings is 1. The van der Waals surface area contributed by atoms with Crippen LogP contribution in [0.4, 0.5) is 0 Å². The molecule has 0 unspecified atom stereocenters. The SMILES string of the molecule is CCCCOC(=O)C1(c2cccc(Cl)c2)CCC1. The van der Waals surface area contributed by atoms with E-state index in [1.807, 2.05) is 24.3 Å². The molecular formula is C15H19ClO2. The molecule has 1 aliphatic rings. The minimum atomic E-state index is -0.432. The maximum atomic E-state index is 12.3. The first-order valence-electron chi connectivity index (χ1n) is 6.62. The summed E-state index contributed by atoms with van der Waals surface area (Å²) in [6, 6.07) is 7.60. The Morgan fingerprint density at radius 2 is 2.22 bits per heavy atom. The van der Waals surface area contributed by atoms with Crippen molar-refractivity contribution >= 4 is 17.6 Å². The van der Waals surface area contributed by atoms with Gasteiger partial charge in [-0.25, -0.2) is 0 Å². The van der Waals surface area contributed by atoms with Gasteiger partial charge in [0.05, 0.1) is 12.0 Å². The summed E-state index contributed by atoms with van der Waals surface area (Å²) < 4.78 is 5.40. The number of carbonyl (C=O) groups excluding carboxylic acids is 1. The maximum absolute atomic E-state index is 12.3. The van der Waals surface area contributed by atoms with Crippen molar-refractivity contribution in [2.45, 2.75) is 44.4 Å². The lowest BCUT2D eigenvalue weighted by Crippen LogP contribution is -2.43. The van der Waals surface area contributed by atoms with Gasteiger partial charge >= 0.3 is 5.97 Å². The summed E-state index contributed by atoms with van der Waals surface area (Å²) in [5.74, 6) is -0.0792. The van der Waals surface area contributed by atoms with E-state index >= 15 is 0 Å². The Labute approximate surface area is 113 Å². The van der Waals surface area contributed by atoms with Crippen molar-refractivity contribution in [2.24, 2.45) is 0 Å². The zero-order valence-corrected chi connectivity index (χ0v) is 11.5. The highest BCUT2D eigenvalue weighted by Gasteiger charge is 2.47. The van der Waals surface area contributed by atoms with Gasteiger partial charge in [0.25, 0.3) is 0 Å². The van der Waals surface area contributed by atoms with Crippen molar-refractivity contribution in [2.75, 3.05) is 6.61 Å². The lowest BCUT2D eigenvalue weighted by Gasteiger charge is -2.39. The number of carbonyl (C=O) groups is 1. The average Bonchev–Trinajstić information content (AvgIpc) is 2.28. The quantitative estimate of drug-likeness (QED) is 0.592. The molecule has 0 heterocycles. The third kappa shape index (κ3) is 2.54. The highest BCUT2D eigenvalue weighted by molar-refractivity contribution is 6.30. The first kappa shape index (κ1) is 13.4. The van der Waals surface area contributed by atoms with Crippen molar-refractivity contribution in [3.63, 3.8) is 0 Å². The van der Waals surface area contributed by atoms with E-state index in [1.54, 1.807) is 0 Å². The molecule has 1 fully saturated rings. The molecule has 18 heavy (non-hydrogen) atoms. The zero-order chi connectivity index (χ0) is 13.0. The summed E-state index contributed by atoms with van der Waals surface area (Å²) >= 11 is 6.01. The minimum absolute atomic E-state index is 0.0792. The summed E-state index contributed by atoms with van der Waals surface area (Å²) in [5.41, 5.74) is 0.571. The monoisotopic (exact) mass is 266 g/mol. The van der Waals surface area contributed by atoms with Crippen molar-refractivity contribution in [3.05, 3.63) is 34.9 Å². The second kappa shape index (κ2) is 5.75. The number of ether oxygens (including phenoxy) is 1. The second-order valence-electron chi connectivity index (χ2n) is 4.94. The van der Waals surface area contributed by atoms with Gasteiger partial charge in [0.2, 0.25) is 0 Å². The van der Waals surface area contributed by atoms with Crippen LogP contribution in [0.1, 0.15) is 44.6 Å². The molecular weight excluding hydrogens is 248 g/mol. The summed E-state index contributed by atoms with van der Waals surface area (Å²) in [6.07, 6.45) is 4.79. The minimum Gasteiger partial charge on any atom is -0.465 e. The van der Waals surface area contributed by atoms with Crippen LogP contribution in [0.2, 0.25) is 5.02 Å². The highest BCUT2D eigenvalue weighted by Crippen LogP contribution is 2.45. The number of halogens is 1. The molecule has 1 aromatic rings. The van der Waals surface area contributed by atoms with E-state index in [0.29, 0.717) is 11.6 Å². The summed E-state index contributed by atoms with van der Waals surface area (Å²) in [5, 5.41) is 0.681. The third-order valence-corrected chi connectivity index (χ3v) is 3.94. The summed E-state index contributed by atoms with van der Waals surface area (Å²) in [7, 11) is 0. The average molecular weight is 267 g/mol. The number of hydrogen-bond donors (Lipinski definition) is 0. The third-order valence-electron chi connectivity index (χ3n) is 3.71. The first-order chi connectivity index (χ1) is 8.69. The van der Waals surface area contributed by atoms with E-state index < -0.39 is 5.41 Å². The number of unbranched alkanes of at least 4 members (excludes halogenated alkanes) is 1. The Kier molecular flexibility index (Phi) is 4.28. The Hall–Kier alpha value is -1.02. The van der Waals surface area contributed by atoms with Crippen molar-refractivity contribution < 1.29 is 9.53 Å². The van der Waals surface area contributed by atoms with Gasteiger partial charge in [-0.15, -0.1) is 0 Å². The van der Waals surface area contributed by atoms with Gasteiger partial charge in [0, 0.05) is 5.02 Å². The standard InChI is InChI=1S/C15H19ClO2/c1-2-3-10-18-14(17)15(8-5-9-15)12-6-4-7-13(16)11-12/h4,6-7,11H,2-3,5,8-10H2,1H3. The Bertz CT molecular complexity index is 424. The van der Waals surface area contributed by atoms with E-state index in [-0.39, 0.29) is 5.97 Å². The molecule has 0 amide bonds. The number of rotatable bonds is 5. The van der Waals surface area contributed by atoms with Gasteiger partial charge in [-0.2, -0.15) is 0 Å². The first-order valence-corrected chi connectivity index (χ1v) is 7.00. The topological polar surface area (TPSA) is 26.3 Å². The molecule has 1 saturated carbocycles. The van der Waals surface area contributed by atoms with Crippen LogP contribution >= 0.6 is 11.6 Å². The van der Waals surface area contributed by atoms with Gasteiger partial charge < -0.3 is 4.74 Å². The van der Waals surface area contributed by atoms with Crippen LogP contribution in [0, 0.1) is 0 Å². The molecule has 2 rings (SSSR count). The molecule has 98 valence electrons. The predicted octanol–water partition coefficient (Wildman–Crippen LogP) is 4.11. The summed E-state index contributed by atoms with van der Waals surface area (Å²) in [4.78, 5) is 12.3. The molecule has 1 aromatic carbocycles. The molecule has 3 heteroatoms. The van der Waals surface area contributed by atoms with E-state index in [1.165, 1.54) is 0 Å². The molecule has 0 spiro atoms. The molecule has 0 atom stereocenters. The molecule has 0 radical (unpaired) electrons. The fraction of sp³-hybridized carbons (Fsp3) is 0.533. The Morgan fingerprint density at radius 1 is 1.44 bits per heavy atom. The van der Waals surface area contributed by atoms with Crippen LogP contribution in [0.3, 0.4) is 0 Å².